The maximum atomic E-state index is 13.4. The summed E-state index contributed by atoms with van der Waals surface area (Å²) in [7, 11) is 1.20. The van der Waals surface area contributed by atoms with Crippen LogP contribution in [0.5, 0.6) is 0 Å². The second-order valence-electron chi connectivity index (χ2n) is 5.03. The van der Waals surface area contributed by atoms with Crippen molar-refractivity contribution in [3.05, 3.63) is 39.9 Å². The smallest absolute Gasteiger partial charge is 0.434 e. The number of nitrogens with one attached hydrogen (secondary N) is 2. The number of carbonyl (C=O) groups excluding carboxylic acids is 2. The average molecular weight is 373 g/mol. The summed E-state index contributed by atoms with van der Waals surface area (Å²) in [6.07, 6.45) is -3.92. The van der Waals surface area contributed by atoms with Gasteiger partial charge in [-0.05, 0) is 12.5 Å². The summed E-state index contributed by atoms with van der Waals surface area (Å²) in [5, 5.41) is 11.3. The Kier molecular flexibility index (Phi) is 5.75. The van der Waals surface area contributed by atoms with Gasteiger partial charge >= 0.3 is 12.1 Å². The summed E-state index contributed by atoms with van der Waals surface area (Å²) in [5.41, 5.74) is -2.64. The molecule has 26 heavy (non-hydrogen) atoms. The van der Waals surface area contributed by atoms with E-state index in [-0.39, 0.29) is 25.2 Å². The minimum atomic E-state index is -4.90. The predicted molar refractivity (Wildman–Crippen MR) is 80.6 cm³/mol. The van der Waals surface area contributed by atoms with E-state index in [2.05, 4.69) is 20.3 Å². The highest BCUT2D eigenvalue weighted by Crippen LogP contribution is 2.33. The molecule has 0 aliphatic rings. The minimum absolute atomic E-state index is 0.0173. The van der Waals surface area contributed by atoms with Crippen LogP contribution in [0.3, 0.4) is 0 Å². The van der Waals surface area contributed by atoms with Crippen molar-refractivity contribution in [1.29, 1.82) is 0 Å². The van der Waals surface area contributed by atoms with Crippen LogP contribution in [-0.4, -0.2) is 45.5 Å². The van der Waals surface area contributed by atoms with Crippen LogP contribution in [0.2, 0.25) is 0 Å². The molecule has 0 aromatic carbocycles. The number of rotatable bonds is 6. The van der Waals surface area contributed by atoms with Crippen LogP contribution in [0.1, 0.15) is 28.9 Å². The summed E-state index contributed by atoms with van der Waals surface area (Å²) < 4.78 is 45.1. The summed E-state index contributed by atoms with van der Waals surface area (Å²) >= 11 is 0. The molecule has 2 heterocycles. The van der Waals surface area contributed by atoms with Gasteiger partial charge in [-0.25, -0.2) is 9.78 Å². The molecule has 9 nitrogen and oxygen atoms in total. The van der Waals surface area contributed by atoms with Crippen LogP contribution in [0.4, 0.5) is 13.2 Å². The molecule has 0 aliphatic heterocycles. The number of esters is 1. The molecule has 0 aliphatic carbocycles. The molecule has 2 N–H and O–H groups in total. The molecule has 0 spiro atoms. The average Bonchev–Trinajstić information content (AvgIpc) is 3.04. The normalized spacial score (nSPS) is 11.2. The van der Waals surface area contributed by atoms with Crippen molar-refractivity contribution in [2.45, 2.75) is 19.0 Å². The fourth-order valence-electron chi connectivity index (χ4n) is 2.05. The van der Waals surface area contributed by atoms with Crippen molar-refractivity contribution in [3.8, 4) is 5.82 Å². The van der Waals surface area contributed by atoms with Gasteiger partial charge in [0.05, 0.1) is 18.9 Å². The monoisotopic (exact) mass is 373 g/mol. The molecule has 1 amide bonds. The van der Waals surface area contributed by atoms with E-state index >= 15 is 0 Å². The largest absolute Gasteiger partial charge is 0.469 e. The van der Waals surface area contributed by atoms with Gasteiger partial charge < -0.3 is 10.1 Å². The van der Waals surface area contributed by atoms with E-state index in [1.165, 1.54) is 7.11 Å². The molecule has 0 saturated heterocycles. The number of nitrogens with zero attached hydrogens (tertiary/aromatic N) is 3. The minimum Gasteiger partial charge on any atom is -0.469 e. The maximum absolute atomic E-state index is 13.4. The van der Waals surface area contributed by atoms with Crippen molar-refractivity contribution < 1.29 is 27.5 Å². The molecular weight excluding hydrogens is 359 g/mol. The number of methoxy groups -OCH3 is 1. The topological polar surface area (TPSA) is 119 Å². The molecule has 2 rings (SSSR count). The van der Waals surface area contributed by atoms with Crippen LogP contribution < -0.4 is 10.9 Å². The van der Waals surface area contributed by atoms with E-state index in [4.69, 9.17) is 0 Å². The highest BCUT2D eigenvalue weighted by Gasteiger charge is 2.40. The van der Waals surface area contributed by atoms with E-state index in [1.807, 2.05) is 5.10 Å². The van der Waals surface area contributed by atoms with E-state index < -0.39 is 34.9 Å². The number of H-pyrrole nitrogens is 1. The second-order valence-corrected chi connectivity index (χ2v) is 5.03. The molecule has 0 saturated carbocycles. The number of alkyl halides is 3. The van der Waals surface area contributed by atoms with Crippen LogP contribution in [0.25, 0.3) is 5.82 Å². The summed E-state index contributed by atoms with van der Waals surface area (Å²) in [6.45, 7) is -0.0205. The lowest BCUT2D eigenvalue weighted by molar-refractivity contribution is -0.143. The van der Waals surface area contributed by atoms with Crippen molar-refractivity contribution in [2.75, 3.05) is 13.7 Å². The molecule has 2 aromatic heterocycles. The lowest BCUT2D eigenvalue weighted by Gasteiger charge is -2.12. The number of hydrogen-bond donors (Lipinski definition) is 2. The van der Waals surface area contributed by atoms with Gasteiger partial charge in [-0.1, -0.05) is 0 Å². The van der Waals surface area contributed by atoms with Crippen molar-refractivity contribution in [3.63, 3.8) is 0 Å². The molecule has 12 heteroatoms. The summed E-state index contributed by atoms with van der Waals surface area (Å²) in [4.78, 5) is 34.0. The van der Waals surface area contributed by atoms with Gasteiger partial charge in [-0.2, -0.15) is 23.4 Å². The van der Waals surface area contributed by atoms with Gasteiger partial charge in [0.25, 0.3) is 11.5 Å². The standard InChI is InChI=1S/C14H14F3N5O4/c1-26-11(24)3-2-6-18-13(25)8-7-19-22(12(8)14(15,16)17)9-4-5-10(23)21-20-9/h4-5,7H,2-3,6H2,1H3,(H,18,25)(H,21,23). The van der Waals surface area contributed by atoms with Crippen molar-refractivity contribution in [1.82, 2.24) is 25.3 Å². The number of hydrogen-bond acceptors (Lipinski definition) is 6. The molecule has 140 valence electrons. The lowest BCUT2D eigenvalue weighted by Crippen LogP contribution is -2.28. The first-order valence-electron chi connectivity index (χ1n) is 7.30. The summed E-state index contributed by atoms with van der Waals surface area (Å²) in [6, 6.07) is 2.02. The van der Waals surface area contributed by atoms with Crippen LogP contribution in [0, 0.1) is 0 Å². The Morgan fingerprint density at radius 3 is 2.65 bits per heavy atom. The molecule has 0 radical (unpaired) electrons. The van der Waals surface area contributed by atoms with E-state index in [9.17, 15) is 27.6 Å². The van der Waals surface area contributed by atoms with Gasteiger partial charge in [0.2, 0.25) is 0 Å². The SMILES string of the molecule is COC(=O)CCCNC(=O)c1cnn(-c2ccc(=O)[nH]n2)c1C(F)(F)F. The predicted octanol–water partition coefficient (Wildman–Crippen LogP) is 0.657. The Morgan fingerprint density at radius 1 is 1.35 bits per heavy atom. The van der Waals surface area contributed by atoms with E-state index in [1.54, 1.807) is 0 Å². The van der Waals surface area contributed by atoms with Crippen LogP contribution >= 0.6 is 0 Å². The first-order valence-corrected chi connectivity index (χ1v) is 7.30. The van der Waals surface area contributed by atoms with Gasteiger partial charge in [-0.15, -0.1) is 0 Å². The number of aromatic amines is 1. The lowest BCUT2D eigenvalue weighted by atomic mass is 10.2. The molecule has 2 aromatic rings. The zero-order valence-electron chi connectivity index (χ0n) is 13.5. The Hall–Kier alpha value is -3.18. The molecule has 0 bridgehead atoms. The van der Waals surface area contributed by atoms with Crippen LogP contribution in [0.15, 0.2) is 23.1 Å². The third kappa shape index (κ3) is 4.46. The zero-order chi connectivity index (χ0) is 19.3. The zero-order valence-corrected chi connectivity index (χ0v) is 13.5. The Morgan fingerprint density at radius 2 is 2.08 bits per heavy atom. The first-order chi connectivity index (χ1) is 12.2. The molecule has 0 atom stereocenters. The van der Waals surface area contributed by atoms with E-state index in [0.29, 0.717) is 4.68 Å². The molecule has 0 fully saturated rings. The van der Waals surface area contributed by atoms with Crippen LogP contribution in [-0.2, 0) is 15.7 Å². The maximum Gasteiger partial charge on any atom is 0.434 e. The highest BCUT2D eigenvalue weighted by molar-refractivity contribution is 5.95. The summed E-state index contributed by atoms with van der Waals surface area (Å²) in [5.74, 6) is -1.80. The fourth-order valence-corrected chi connectivity index (χ4v) is 2.05. The third-order valence-corrected chi connectivity index (χ3v) is 3.23. The van der Waals surface area contributed by atoms with Crippen molar-refractivity contribution in [2.24, 2.45) is 0 Å². The number of carbonyl (C=O) groups is 2. The fraction of sp³-hybridized carbons (Fsp3) is 0.357. The van der Waals surface area contributed by atoms with Gasteiger partial charge in [0.15, 0.2) is 11.5 Å². The number of halogens is 3. The second kappa shape index (κ2) is 7.80. The Bertz CT molecular complexity index is 839. The number of ether oxygens (including phenoxy) is 1. The van der Waals surface area contributed by atoms with Gasteiger partial charge in [-0.3, -0.25) is 14.4 Å². The van der Waals surface area contributed by atoms with Crippen molar-refractivity contribution >= 4 is 11.9 Å². The van der Waals surface area contributed by atoms with Gasteiger partial charge in [0, 0.05) is 19.0 Å². The third-order valence-electron chi connectivity index (χ3n) is 3.23. The quantitative estimate of drug-likeness (QED) is 0.567. The highest BCUT2D eigenvalue weighted by atomic mass is 19.4. The molecule has 0 unspecified atom stereocenters. The first kappa shape index (κ1) is 19.1. The molecular formula is C14H14F3N5O4. The Balaban J connectivity index is 2.23. The number of aromatic nitrogens is 4. The number of amides is 1. The Labute approximate surface area is 144 Å². The van der Waals surface area contributed by atoms with Gasteiger partial charge in [0.1, 0.15) is 0 Å². The van der Waals surface area contributed by atoms with E-state index in [0.717, 1.165) is 18.3 Å².